The lowest BCUT2D eigenvalue weighted by atomic mass is 9.99. The Balaban J connectivity index is 0.00000192. The summed E-state index contributed by atoms with van der Waals surface area (Å²) >= 11 is 0. The van der Waals surface area contributed by atoms with E-state index in [1.165, 1.54) is 12.1 Å². The first-order chi connectivity index (χ1) is 10.6. The van der Waals surface area contributed by atoms with Gasteiger partial charge in [-0.15, -0.1) is 12.4 Å². The number of benzene rings is 1. The molecule has 0 radical (unpaired) electrons. The van der Waals surface area contributed by atoms with Gasteiger partial charge in [0.05, 0.1) is 17.3 Å². The number of rotatable bonds is 3. The summed E-state index contributed by atoms with van der Waals surface area (Å²) in [7, 11) is 0. The van der Waals surface area contributed by atoms with Gasteiger partial charge in [-0.25, -0.2) is 9.07 Å². The van der Waals surface area contributed by atoms with E-state index < -0.39 is 0 Å². The summed E-state index contributed by atoms with van der Waals surface area (Å²) in [6.07, 6.45) is 1.90. The Labute approximate surface area is 140 Å². The molecule has 2 heterocycles. The van der Waals surface area contributed by atoms with Gasteiger partial charge in [-0.2, -0.15) is 5.10 Å². The highest BCUT2D eigenvalue weighted by Crippen LogP contribution is 2.19. The van der Waals surface area contributed by atoms with Crippen LogP contribution in [0.25, 0.3) is 5.69 Å². The van der Waals surface area contributed by atoms with Crippen molar-refractivity contribution in [3.63, 3.8) is 0 Å². The maximum absolute atomic E-state index is 13.1. The van der Waals surface area contributed by atoms with E-state index in [1.54, 1.807) is 16.8 Å². The smallest absolute Gasteiger partial charge is 0.229 e. The first-order valence-electron chi connectivity index (χ1n) is 7.47. The zero-order valence-electron chi connectivity index (χ0n) is 12.9. The summed E-state index contributed by atoms with van der Waals surface area (Å²) in [4.78, 5) is 12.4. The Kier molecular flexibility index (Phi) is 5.74. The SMILES string of the molecule is Cc1cc(NC(=O)C2CCCNC2)n(-c2ccc(F)cc2)n1.Cl. The molecule has 23 heavy (non-hydrogen) atoms. The third kappa shape index (κ3) is 4.09. The van der Waals surface area contributed by atoms with Gasteiger partial charge in [-0.05, 0) is 50.6 Å². The van der Waals surface area contributed by atoms with Gasteiger partial charge in [0, 0.05) is 12.6 Å². The van der Waals surface area contributed by atoms with Crippen molar-refractivity contribution < 1.29 is 9.18 Å². The van der Waals surface area contributed by atoms with Crippen LogP contribution in [-0.4, -0.2) is 28.8 Å². The molecule has 124 valence electrons. The van der Waals surface area contributed by atoms with Crippen molar-refractivity contribution in [2.24, 2.45) is 5.92 Å². The van der Waals surface area contributed by atoms with E-state index in [1.807, 2.05) is 13.0 Å². The van der Waals surface area contributed by atoms with Gasteiger partial charge in [0.15, 0.2) is 0 Å². The third-order valence-electron chi connectivity index (χ3n) is 3.82. The quantitative estimate of drug-likeness (QED) is 0.904. The van der Waals surface area contributed by atoms with E-state index >= 15 is 0 Å². The standard InChI is InChI=1S/C16H19FN4O.ClH/c1-11-9-15(19-16(22)12-3-2-8-18-10-12)21(20-11)14-6-4-13(17)5-7-14;/h4-7,9,12,18H,2-3,8,10H2,1H3,(H,19,22);1H. The first-order valence-corrected chi connectivity index (χ1v) is 7.47. The predicted octanol–water partition coefficient (Wildman–Crippen LogP) is 2.68. The lowest BCUT2D eigenvalue weighted by Gasteiger charge is -2.22. The molecule has 2 N–H and O–H groups in total. The van der Waals surface area contributed by atoms with Gasteiger partial charge in [0.25, 0.3) is 0 Å². The topological polar surface area (TPSA) is 59.0 Å². The highest BCUT2D eigenvalue weighted by Gasteiger charge is 2.22. The van der Waals surface area contributed by atoms with E-state index in [9.17, 15) is 9.18 Å². The number of halogens is 2. The molecular formula is C16H20ClFN4O. The lowest BCUT2D eigenvalue weighted by molar-refractivity contribution is -0.120. The number of hydrogen-bond donors (Lipinski definition) is 2. The van der Waals surface area contributed by atoms with Crippen molar-refractivity contribution in [2.45, 2.75) is 19.8 Å². The minimum atomic E-state index is -0.300. The molecule has 1 aromatic heterocycles. The second-order valence-corrected chi connectivity index (χ2v) is 5.59. The fraction of sp³-hybridized carbons (Fsp3) is 0.375. The fourth-order valence-electron chi connectivity index (χ4n) is 2.67. The van der Waals surface area contributed by atoms with Crippen LogP contribution in [0.4, 0.5) is 10.2 Å². The van der Waals surface area contributed by atoms with Crippen molar-refractivity contribution in [1.29, 1.82) is 0 Å². The molecule has 1 fully saturated rings. The zero-order valence-corrected chi connectivity index (χ0v) is 13.7. The number of aromatic nitrogens is 2. The maximum Gasteiger partial charge on any atom is 0.229 e. The van der Waals surface area contributed by atoms with Crippen LogP contribution >= 0.6 is 12.4 Å². The average Bonchev–Trinajstić information content (AvgIpc) is 2.89. The molecule has 3 rings (SSSR count). The Morgan fingerprint density at radius 2 is 2.13 bits per heavy atom. The summed E-state index contributed by atoms with van der Waals surface area (Å²) in [6.45, 7) is 3.53. The summed E-state index contributed by atoms with van der Waals surface area (Å²) in [5.41, 5.74) is 1.51. The molecule has 0 saturated carbocycles. The van der Waals surface area contributed by atoms with Crippen LogP contribution in [0.15, 0.2) is 30.3 Å². The number of anilines is 1. The molecule has 0 spiro atoms. The normalized spacial score (nSPS) is 17.4. The molecule has 7 heteroatoms. The van der Waals surface area contributed by atoms with E-state index in [0.29, 0.717) is 18.1 Å². The van der Waals surface area contributed by atoms with Crippen LogP contribution in [0.3, 0.4) is 0 Å². The largest absolute Gasteiger partial charge is 0.316 e. The minimum absolute atomic E-state index is 0. The molecule has 2 aromatic rings. The van der Waals surface area contributed by atoms with E-state index in [0.717, 1.165) is 25.1 Å². The number of aryl methyl sites for hydroxylation is 1. The van der Waals surface area contributed by atoms with Crippen LogP contribution in [0.5, 0.6) is 0 Å². The number of carbonyl (C=O) groups excluding carboxylic acids is 1. The fourth-order valence-corrected chi connectivity index (χ4v) is 2.67. The minimum Gasteiger partial charge on any atom is -0.316 e. The van der Waals surface area contributed by atoms with Crippen LogP contribution in [0.1, 0.15) is 18.5 Å². The monoisotopic (exact) mass is 338 g/mol. The molecule has 1 atom stereocenters. The Morgan fingerprint density at radius 3 is 2.78 bits per heavy atom. The van der Waals surface area contributed by atoms with Gasteiger partial charge < -0.3 is 10.6 Å². The van der Waals surface area contributed by atoms with E-state index in [-0.39, 0.29) is 30.0 Å². The van der Waals surface area contributed by atoms with Crippen LogP contribution in [-0.2, 0) is 4.79 Å². The second-order valence-electron chi connectivity index (χ2n) is 5.59. The van der Waals surface area contributed by atoms with Crippen LogP contribution < -0.4 is 10.6 Å². The molecule has 1 aromatic carbocycles. The average molecular weight is 339 g/mol. The Hall–Kier alpha value is -1.92. The highest BCUT2D eigenvalue weighted by atomic mass is 35.5. The number of amides is 1. The molecule has 0 bridgehead atoms. The van der Waals surface area contributed by atoms with Crippen molar-refractivity contribution in [3.05, 3.63) is 41.8 Å². The number of nitrogens with zero attached hydrogens (tertiary/aromatic N) is 2. The summed E-state index contributed by atoms with van der Waals surface area (Å²) in [5.74, 6) is 0.285. The second kappa shape index (κ2) is 7.57. The van der Waals surface area contributed by atoms with Crippen LogP contribution in [0.2, 0.25) is 0 Å². The van der Waals surface area contributed by atoms with Gasteiger partial charge in [0.2, 0.25) is 5.91 Å². The van der Waals surface area contributed by atoms with Gasteiger partial charge >= 0.3 is 0 Å². The highest BCUT2D eigenvalue weighted by molar-refractivity contribution is 5.92. The molecule has 1 saturated heterocycles. The maximum atomic E-state index is 13.1. The lowest BCUT2D eigenvalue weighted by Crippen LogP contribution is -2.37. The third-order valence-corrected chi connectivity index (χ3v) is 3.82. The predicted molar refractivity (Wildman–Crippen MR) is 89.7 cm³/mol. The van der Waals surface area contributed by atoms with Crippen molar-refractivity contribution in [3.8, 4) is 5.69 Å². The molecule has 0 aliphatic carbocycles. The van der Waals surface area contributed by atoms with Gasteiger partial charge in [0.1, 0.15) is 11.6 Å². The number of piperidine rings is 1. The molecule has 1 aliphatic heterocycles. The summed E-state index contributed by atoms with van der Waals surface area (Å²) < 4.78 is 14.7. The number of nitrogens with one attached hydrogen (secondary N) is 2. The first kappa shape index (κ1) is 17.4. The van der Waals surface area contributed by atoms with Crippen molar-refractivity contribution in [2.75, 3.05) is 18.4 Å². The molecule has 1 aliphatic rings. The van der Waals surface area contributed by atoms with E-state index in [4.69, 9.17) is 0 Å². The summed E-state index contributed by atoms with van der Waals surface area (Å²) in [5, 5.41) is 10.5. The van der Waals surface area contributed by atoms with E-state index in [2.05, 4.69) is 15.7 Å². The van der Waals surface area contributed by atoms with Crippen molar-refractivity contribution >= 4 is 24.1 Å². The Bertz CT molecular complexity index is 665. The van der Waals surface area contributed by atoms with Gasteiger partial charge in [-0.1, -0.05) is 0 Å². The molecule has 1 unspecified atom stereocenters. The van der Waals surface area contributed by atoms with Crippen molar-refractivity contribution in [1.82, 2.24) is 15.1 Å². The Morgan fingerprint density at radius 1 is 1.39 bits per heavy atom. The van der Waals surface area contributed by atoms with Crippen LogP contribution in [0, 0.1) is 18.7 Å². The number of carbonyl (C=O) groups is 1. The summed E-state index contributed by atoms with van der Waals surface area (Å²) in [6, 6.07) is 7.85. The zero-order chi connectivity index (χ0) is 15.5. The molecular weight excluding hydrogens is 319 g/mol. The molecule has 5 nitrogen and oxygen atoms in total. The molecule has 1 amide bonds. The number of hydrogen-bond acceptors (Lipinski definition) is 3. The van der Waals surface area contributed by atoms with Gasteiger partial charge in [-0.3, -0.25) is 4.79 Å².